The first-order chi connectivity index (χ1) is 16.9. The molecule has 0 aliphatic carbocycles. The van der Waals surface area contributed by atoms with Gasteiger partial charge < -0.3 is 14.8 Å². The van der Waals surface area contributed by atoms with Crippen LogP contribution in [0.3, 0.4) is 0 Å². The number of thioether (sulfide) groups is 1. The first-order valence-corrected chi connectivity index (χ1v) is 11.7. The minimum atomic E-state index is -0.634. The Hall–Kier alpha value is -3.85. The summed E-state index contributed by atoms with van der Waals surface area (Å²) in [5.41, 5.74) is 2.01. The molecule has 0 bridgehead atoms. The number of hydrogen-bond donors (Lipinski definition) is 1. The van der Waals surface area contributed by atoms with E-state index in [-0.39, 0.29) is 30.6 Å². The molecule has 2 amide bonds. The second kappa shape index (κ2) is 11.1. The average Bonchev–Trinajstić information content (AvgIpc) is 3.15. The largest absolute Gasteiger partial charge is 0.497 e. The number of amides is 2. The summed E-state index contributed by atoms with van der Waals surface area (Å²) in [7, 11) is 3.16. The number of carbonyl (C=O) groups excluding carboxylic acids is 2. The van der Waals surface area contributed by atoms with Crippen molar-refractivity contribution in [2.24, 2.45) is 4.99 Å². The smallest absolute Gasteiger partial charge is 0.242 e. The maximum absolute atomic E-state index is 13.3. The van der Waals surface area contributed by atoms with E-state index in [1.54, 1.807) is 55.5 Å². The van der Waals surface area contributed by atoms with E-state index < -0.39 is 5.25 Å². The molecular weight excluding hydrogens is 469 g/mol. The monoisotopic (exact) mass is 493 g/mol. The molecule has 0 spiro atoms. The molecule has 0 radical (unpaired) electrons. The number of nitrogens with one attached hydrogen (secondary N) is 1. The molecule has 0 unspecified atom stereocenters. The number of rotatable bonds is 8. The molecule has 9 heteroatoms. The lowest BCUT2D eigenvalue weighted by atomic mass is 10.2. The Morgan fingerprint density at radius 3 is 2.17 bits per heavy atom. The molecule has 1 aliphatic rings. The molecule has 1 heterocycles. The Bertz CT molecular complexity index is 1210. The molecule has 1 N–H and O–H groups in total. The van der Waals surface area contributed by atoms with E-state index in [9.17, 15) is 14.0 Å². The highest BCUT2D eigenvalue weighted by Gasteiger charge is 2.39. The Labute approximate surface area is 207 Å². The Morgan fingerprint density at radius 2 is 1.57 bits per heavy atom. The molecule has 0 aromatic heterocycles. The number of benzene rings is 3. The summed E-state index contributed by atoms with van der Waals surface area (Å²) >= 11 is 1.22. The van der Waals surface area contributed by atoms with Crippen LogP contribution in [-0.4, -0.2) is 41.4 Å². The van der Waals surface area contributed by atoms with Crippen LogP contribution in [0.1, 0.15) is 12.0 Å². The predicted molar refractivity (Wildman–Crippen MR) is 135 cm³/mol. The van der Waals surface area contributed by atoms with Gasteiger partial charge in [0.25, 0.3) is 0 Å². The summed E-state index contributed by atoms with van der Waals surface area (Å²) in [6.07, 6.45) is -0.0168. The third kappa shape index (κ3) is 6.19. The van der Waals surface area contributed by atoms with Gasteiger partial charge in [-0.25, -0.2) is 9.38 Å². The van der Waals surface area contributed by atoms with E-state index >= 15 is 0 Å². The lowest BCUT2D eigenvalue weighted by Gasteiger charge is -2.17. The molecule has 1 fully saturated rings. The van der Waals surface area contributed by atoms with E-state index in [0.29, 0.717) is 28.0 Å². The second-order valence-corrected chi connectivity index (χ2v) is 8.90. The van der Waals surface area contributed by atoms with Crippen LogP contribution in [0.25, 0.3) is 0 Å². The van der Waals surface area contributed by atoms with Crippen molar-refractivity contribution in [3.8, 4) is 11.5 Å². The minimum Gasteiger partial charge on any atom is -0.497 e. The van der Waals surface area contributed by atoms with Gasteiger partial charge in [0.2, 0.25) is 11.8 Å². The Balaban J connectivity index is 1.52. The molecule has 35 heavy (non-hydrogen) atoms. The summed E-state index contributed by atoms with van der Waals surface area (Å²) in [6.45, 7) is 0.284. The second-order valence-electron chi connectivity index (χ2n) is 7.73. The lowest BCUT2D eigenvalue weighted by molar-refractivity contribution is -0.128. The maximum atomic E-state index is 13.3. The van der Waals surface area contributed by atoms with Crippen molar-refractivity contribution in [2.75, 3.05) is 19.5 Å². The van der Waals surface area contributed by atoms with Gasteiger partial charge in [0.15, 0.2) is 5.17 Å². The minimum absolute atomic E-state index is 0.0168. The molecule has 1 aliphatic heterocycles. The fourth-order valence-corrected chi connectivity index (χ4v) is 4.62. The van der Waals surface area contributed by atoms with Gasteiger partial charge in [-0.1, -0.05) is 23.9 Å². The SMILES string of the molecule is COc1ccc(CN2C(=O)[C@@H](CC(=O)Nc3ccc(OC)cc3)SC2=Nc2ccc(F)cc2)cc1. The number of halogens is 1. The van der Waals surface area contributed by atoms with Crippen molar-refractivity contribution in [1.29, 1.82) is 0 Å². The van der Waals surface area contributed by atoms with Crippen molar-refractivity contribution in [3.63, 3.8) is 0 Å². The summed E-state index contributed by atoms with van der Waals surface area (Å²) in [5, 5.41) is 2.64. The van der Waals surface area contributed by atoms with Crippen LogP contribution in [-0.2, 0) is 16.1 Å². The normalized spacial score (nSPS) is 16.4. The van der Waals surface area contributed by atoms with Crippen LogP contribution in [0.4, 0.5) is 15.8 Å². The van der Waals surface area contributed by atoms with Gasteiger partial charge in [-0.15, -0.1) is 0 Å². The number of methoxy groups -OCH3 is 2. The number of anilines is 1. The van der Waals surface area contributed by atoms with E-state index in [2.05, 4.69) is 10.3 Å². The molecular formula is C26H24FN3O4S. The quantitative estimate of drug-likeness (QED) is 0.478. The summed E-state index contributed by atoms with van der Waals surface area (Å²) in [4.78, 5) is 32.1. The van der Waals surface area contributed by atoms with Gasteiger partial charge in [-0.3, -0.25) is 14.5 Å². The highest BCUT2D eigenvalue weighted by molar-refractivity contribution is 8.15. The topological polar surface area (TPSA) is 80.2 Å². The number of ether oxygens (including phenoxy) is 2. The summed E-state index contributed by atoms with van der Waals surface area (Å²) < 4.78 is 23.7. The molecule has 1 saturated heterocycles. The summed E-state index contributed by atoms with van der Waals surface area (Å²) in [5.74, 6) is 0.529. The van der Waals surface area contributed by atoms with Gasteiger partial charge in [0, 0.05) is 12.1 Å². The molecule has 0 saturated carbocycles. The van der Waals surface area contributed by atoms with Gasteiger partial charge in [-0.05, 0) is 66.2 Å². The maximum Gasteiger partial charge on any atom is 0.242 e. The summed E-state index contributed by atoms with van der Waals surface area (Å²) in [6, 6.07) is 20.1. The van der Waals surface area contributed by atoms with Crippen LogP contribution in [0, 0.1) is 5.82 Å². The zero-order valence-electron chi connectivity index (χ0n) is 19.2. The van der Waals surface area contributed by atoms with Gasteiger partial charge in [0.1, 0.15) is 22.6 Å². The Kier molecular flexibility index (Phi) is 7.67. The first kappa shape index (κ1) is 24.3. The Morgan fingerprint density at radius 1 is 0.971 bits per heavy atom. The molecule has 180 valence electrons. The molecule has 3 aromatic carbocycles. The van der Waals surface area contributed by atoms with E-state index in [0.717, 1.165) is 5.56 Å². The number of nitrogens with zero attached hydrogens (tertiary/aromatic N) is 2. The van der Waals surface area contributed by atoms with Crippen LogP contribution < -0.4 is 14.8 Å². The van der Waals surface area contributed by atoms with Crippen molar-refractivity contribution < 1.29 is 23.5 Å². The highest BCUT2D eigenvalue weighted by Crippen LogP contribution is 2.33. The molecule has 3 aromatic rings. The molecule has 7 nitrogen and oxygen atoms in total. The van der Waals surface area contributed by atoms with Gasteiger partial charge >= 0.3 is 0 Å². The van der Waals surface area contributed by atoms with Crippen LogP contribution >= 0.6 is 11.8 Å². The average molecular weight is 494 g/mol. The number of aliphatic imine (C=N–C) groups is 1. The third-order valence-electron chi connectivity index (χ3n) is 5.32. The number of hydrogen-bond acceptors (Lipinski definition) is 6. The first-order valence-electron chi connectivity index (χ1n) is 10.8. The number of carbonyl (C=O) groups is 2. The van der Waals surface area contributed by atoms with Crippen LogP contribution in [0.15, 0.2) is 77.8 Å². The van der Waals surface area contributed by atoms with E-state index in [1.807, 2.05) is 24.3 Å². The van der Waals surface area contributed by atoms with Crippen LogP contribution in [0.2, 0.25) is 0 Å². The third-order valence-corrected chi connectivity index (χ3v) is 6.49. The molecule has 4 rings (SSSR count). The fourth-order valence-electron chi connectivity index (χ4n) is 3.46. The van der Waals surface area contributed by atoms with Crippen molar-refractivity contribution in [1.82, 2.24) is 4.90 Å². The number of amidine groups is 1. The van der Waals surface area contributed by atoms with Crippen molar-refractivity contribution in [2.45, 2.75) is 18.2 Å². The van der Waals surface area contributed by atoms with Crippen molar-refractivity contribution >= 4 is 40.1 Å². The van der Waals surface area contributed by atoms with Crippen LogP contribution in [0.5, 0.6) is 11.5 Å². The van der Waals surface area contributed by atoms with Crippen molar-refractivity contribution in [3.05, 3.63) is 84.2 Å². The highest BCUT2D eigenvalue weighted by atomic mass is 32.2. The van der Waals surface area contributed by atoms with E-state index in [1.165, 1.54) is 23.9 Å². The predicted octanol–water partition coefficient (Wildman–Crippen LogP) is 5.00. The van der Waals surface area contributed by atoms with E-state index in [4.69, 9.17) is 9.47 Å². The van der Waals surface area contributed by atoms with Gasteiger partial charge in [-0.2, -0.15) is 0 Å². The molecule has 1 atom stereocenters. The zero-order chi connectivity index (χ0) is 24.8. The standard InChI is InChI=1S/C26H24FN3O4S/c1-33-21-11-3-17(4-12-21)16-30-25(32)23(35-26(30)29-20-7-5-18(27)6-8-20)15-24(31)28-19-9-13-22(34-2)14-10-19/h3-14,23H,15-16H2,1-2H3,(H,28,31)/t23-/m1/s1. The zero-order valence-corrected chi connectivity index (χ0v) is 20.0. The van der Waals surface area contributed by atoms with Gasteiger partial charge in [0.05, 0.1) is 26.5 Å². The lowest BCUT2D eigenvalue weighted by Crippen LogP contribution is -2.33. The fraction of sp³-hybridized carbons (Fsp3) is 0.192.